The van der Waals surface area contributed by atoms with Crippen molar-refractivity contribution >= 4 is 35.0 Å². The molecule has 0 radical (unpaired) electrons. The zero-order valence-electron chi connectivity index (χ0n) is 39.2. The van der Waals surface area contributed by atoms with Crippen LogP contribution in [0.4, 0.5) is 16.0 Å². The molecule has 4 aromatic rings. The number of piperazine rings is 1. The largest absolute Gasteiger partial charge is 0.391 e. The monoisotopic (exact) mass is 931 g/mol. The van der Waals surface area contributed by atoms with Gasteiger partial charge in [-0.1, -0.05) is 39.0 Å². The Morgan fingerprint density at radius 2 is 1.51 bits per heavy atom. The van der Waals surface area contributed by atoms with Crippen LogP contribution in [0.2, 0.25) is 0 Å². The number of amides is 3. The van der Waals surface area contributed by atoms with Gasteiger partial charge in [-0.25, -0.2) is 18.9 Å². The molecule has 19 heteroatoms. The van der Waals surface area contributed by atoms with Crippen LogP contribution < -0.4 is 15.1 Å². The summed E-state index contributed by atoms with van der Waals surface area (Å²) in [6, 6.07) is 15.8. The van der Waals surface area contributed by atoms with Crippen LogP contribution in [0.15, 0.2) is 60.8 Å². The summed E-state index contributed by atoms with van der Waals surface area (Å²) in [5.41, 5.74) is 2.64. The number of fused-ring (bicyclic) bond motifs is 1. The molecule has 7 rings (SSSR count). The molecule has 3 amide bonds. The van der Waals surface area contributed by atoms with Gasteiger partial charge in [0.05, 0.1) is 76.9 Å². The Hall–Kier alpha value is -5.31. The third-order valence-electron chi connectivity index (χ3n) is 12.3. The number of aromatic nitrogens is 4. The van der Waals surface area contributed by atoms with E-state index in [1.807, 2.05) is 73.5 Å². The average Bonchev–Trinajstić information content (AvgIpc) is 4.07. The fourth-order valence-corrected chi connectivity index (χ4v) is 8.74. The number of β-amino-alcohol motifs (C(OH)–C–C–N with tert-alkyl or cyclic N) is 1. The van der Waals surface area contributed by atoms with Crippen molar-refractivity contribution in [2.75, 3.05) is 115 Å². The zero-order valence-corrected chi connectivity index (χ0v) is 39.2. The second kappa shape index (κ2) is 23.6. The number of likely N-dealkylation sites (tertiary alicyclic amines) is 1. The molecule has 3 aromatic heterocycles. The number of benzene rings is 1. The molecule has 67 heavy (non-hydrogen) atoms. The fraction of sp³-hybridized carbons (Fsp3) is 0.583. The first-order chi connectivity index (χ1) is 32.4. The molecule has 3 aliphatic rings. The van der Waals surface area contributed by atoms with E-state index in [4.69, 9.17) is 33.8 Å². The molecule has 0 saturated carbocycles. The lowest BCUT2D eigenvalue weighted by Gasteiger charge is -2.35. The highest BCUT2D eigenvalue weighted by Gasteiger charge is 2.40. The van der Waals surface area contributed by atoms with E-state index in [1.54, 1.807) is 23.2 Å². The van der Waals surface area contributed by atoms with Crippen molar-refractivity contribution in [3.8, 4) is 11.4 Å². The maximum Gasteiger partial charge on any atom is 0.248 e. The maximum absolute atomic E-state index is 14.1. The van der Waals surface area contributed by atoms with Crippen LogP contribution >= 0.6 is 0 Å². The number of pyridine rings is 1. The van der Waals surface area contributed by atoms with Gasteiger partial charge in [0.15, 0.2) is 5.65 Å². The van der Waals surface area contributed by atoms with Crippen LogP contribution in [0, 0.1) is 11.2 Å². The summed E-state index contributed by atoms with van der Waals surface area (Å²) in [7, 11) is 0. The zero-order chi connectivity index (χ0) is 47.3. The number of rotatable bonds is 22. The number of hydrogen-bond acceptors (Lipinski definition) is 14. The minimum absolute atomic E-state index is 0.0238. The van der Waals surface area contributed by atoms with Crippen LogP contribution in [0.1, 0.15) is 58.6 Å². The molecular formula is C48H66FN9O9. The molecule has 2 N–H and O–H groups in total. The van der Waals surface area contributed by atoms with Gasteiger partial charge in [-0.3, -0.25) is 14.4 Å². The van der Waals surface area contributed by atoms with Gasteiger partial charge in [0.1, 0.15) is 42.4 Å². The molecule has 0 aliphatic carbocycles. The fourth-order valence-electron chi connectivity index (χ4n) is 8.74. The second-order valence-corrected chi connectivity index (χ2v) is 18.3. The van der Waals surface area contributed by atoms with Crippen LogP contribution in [-0.4, -0.2) is 176 Å². The van der Waals surface area contributed by atoms with Gasteiger partial charge in [-0.2, -0.15) is 0 Å². The molecule has 3 aliphatic heterocycles. The smallest absolute Gasteiger partial charge is 0.248 e. The first kappa shape index (κ1) is 49.6. The molecule has 18 nitrogen and oxygen atoms in total. The highest BCUT2D eigenvalue weighted by molar-refractivity contribution is 5.89. The van der Waals surface area contributed by atoms with E-state index in [2.05, 4.69) is 20.1 Å². The van der Waals surface area contributed by atoms with E-state index >= 15 is 0 Å². The first-order valence-corrected chi connectivity index (χ1v) is 23.4. The quantitative estimate of drug-likeness (QED) is 0.109. The van der Waals surface area contributed by atoms with Crippen molar-refractivity contribution in [2.24, 2.45) is 5.41 Å². The van der Waals surface area contributed by atoms with Gasteiger partial charge in [-0.15, -0.1) is 5.10 Å². The van der Waals surface area contributed by atoms with Crippen molar-refractivity contribution in [3.63, 3.8) is 0 Å². The van der Waals surface area contributed by atoms with E-state index in [0.29, 0.717) is 71.3 Å². The number of nitrogens with zero attached hydrogens (tertiary/aromatic N) is 8. The molecule has 0 bridgehead atoms. The number of aliphatic hydroxyl groups is 1. The standard InChI is InChI=1S/C48H66FN9O9/c1-34-28-37(59)31-57(34)47(62)46(48(2,3)4)52-44(60)32-66-26-24-64-22-20-63-21-23-65-25-27-67-33-45(61)55-18-16-54(17-19-55)42-12-6-10-38(51-42)40-30-50-41-13-14-43(53-58(40)41)56-15-7-11-39(56)35-8-5-9-36(49)29-35/h5-6,8-10,12-14,29-30,34,37,39,46,59H,7,11,15-28,31-33H2,1-4H3,(H,52,60)/t34-,37-,39-,46-/m1/s1. The predicted molar refractivity (Wildman–Crippen MR) is 248 cm³/mol. The number of anilines is 2. The third-order valence-corrected chi connectivity index (χ3v) is 12.3. The number of carbonyl (C=O) groups is 3. The summed E-state index contributed by atoms with van der Waals surface area (Å²) < 4.78 is 43.6. The Balaban J connectivity index is 0.721. The van der Waals surface area contributed by atoms with Crippen LogP contribution in [-0.2, 0) is 38.1 Å². The number of nitrogens with one attached hydrogen (secondary N) is 1. The third kappa shape index (κ3) is 13.4. The van der Waals surface area contributed by atoms with E-state index in [9.17, 15) is 23.9 Å². The highest BCUT2D eigenvalue weighted by Crippen LogP contribution is 2.36. The van der Waals surface area contributed by atoms with E-state index in [-0.39, 0.29) is 75.2 Å². The summed E-state index contributed by atoms with van der Waals surface area (Å²) in [5, 5.41) is 17.8. The van der Waals surface area contributed by atoms with E-state index in [0.717, 1.165) is 48.0 Å². The first-order valence-electron chi connectivity index (χ1n) is 23.4. The lowest BCUT2D eigenvalue weighted by atomic mass is 9.85. The van der Waals surface area contributed by atoms with Gasteiger partial charge in [-0.05, 0) is 73.6 Å². The SMILES string of the molecule is C[C@@H]1C[C@@H](O)CN1C(=O)[C@@H](NC(=O)COCCOCCOCCOCCOCC(=O)N1CCN(c2cccc(-c3cnc4ccc(N5CCC[C@@H]5c5cccc(F)c5)nn34)n2)CC1)C(C)(C)C. The van der Waals surface area contributed by atoms with Gasteiger partial charge in [0.25, 0.3) is 0 Å². The lowest BCUT2D eigenvalue weighted by molar-refractivity contribution is -0.141. The van der Waals surface area contributed by atoms with Crippen molar-refractivity contribution < 1.29 is 47.6 Å². The number of halogens is 1. The van der Waals surface area contributed by atoms with Gasteiger partial charge >= 0.3 is 0 Å². The lowest BCUT2D eigenvalue weighted by Crippen LogP contribution is -2.56. The maximum atomic E-state index is 14.1. The van der Waals surface area contributed by atoms with Crippen LogP contribution in [0.25, 0.3) is 17.0 Å². The van der Waals surface area contributed by atoms with Crippen molar-refractivity contribution in [1.29, 1.82) is 0 Å². The van der Waals surface area contributed by atoms with Gasteiger partial charge in [0, 0.05) is 45.3 Å². The number of hydrogen-bond donors (Lipinski definition) is 2. The minimum Gasteiger partial charge on any atom is -0.391 e. The molecule has 0 unspecified atom stereocenters. The number of aliphatic hydroxyl groups excluding tert-OH is 1. The number of ether oxygens (including phenoxy) is 5. The molecule has 3 saturated heterocycles. The minimum atomic E-state index is -0.738. The van der Waals surface area contributed by atoms with E-state index < -0.39 is 17.6 Å². The van der Waals surface area contributed by atoms with Crippen molar-refractivity contribution in [2.45, 2.75) is 71.2 Å². The van der Waals surface area contributed by atoms with Gasteiger partial charge in [0.2, 0.25) is 17.7 Å². The summed E-state index contributed by atoms with van der Waals surface area (Å²) in [6.07, 6.45) is 3.67. The topological polar surface area (TPSA) is 186 Å². The molecule has 4 atom stereocenters. The Kier molecular flexibility index (Phi) is 17.5. The summed E-state index contributed by atoms with van der Waals surface area (Å²) >= 11 is 0. The van der Waals surface area contributed by atoms with Crippen LogP contribution in [0.5, 0.6) is 0 Å². The predicted octanol–water partition coefficient (Wildman–Crippen LogP) is 3.52. The normalized spacial score (nSPS) is 19.4. The summed E-state index contributed by atoms with van der Waals surface area (Å²) in [5.74, 6) is 0.714. The van der Waals surface area contributed by atoms with Crippen LogP contribution in [0.3, 0.4) is 0 Å². The molecule has 6 heterocycles. The molecule has 0 spiro atoms. The van der Waals surface area contributed by atoms with Crippen molar-refractivity contribution in [3.05, 3.63) is 72.2 Å². The number of imidazole rings is 1. The highest BCUT2D eigenvalue weighted by atomic mass is 19.1. The Morgan fingerprint density at radius 3 is 2.16 bits per heavy atom. The molecule has 1 aromatic carbocycles. The van der Waals surface area contributed by atoms with E-state index in [1.165, 1.54) is 6.07 Å². The molecule has 364 valence electrons. The summed E-state index contributed by atoms with van der Waals surface area (Å²) in [6.45, 7) is 13.3. The second-order valence-electron chi connectivity index (χ2n) is 18.3. The Morgan fingerprint density at radius 1 is 0.836 bits per heavy atom. The van der Waals surface area contributed by atoms with Crippen molar-refractivity contribution in [1.82, 2.24) is 34.7 Å². The summed E-state index contributed by atoms with van der Waals surface area (Å²) in [4.78, 5) is 56.1. The molecule has 3 fully saturated rings. The Labute approximate surface area is 391 Å². The number of carbonyl (C=O) groups excluding carboxylic acids is 3. The molecular weight excluding hydrogens is 866 g/mol. The Bertz CT molecular complexity index is 2250. The average molecular weight is 932 g/mol. The van der Waals surface area contributed by atoms with Gasteiger partial charge < -0.3 is 53.7 Å².